The van der Waals surface area contributed by atoms with Gasteiger partial charge in [0.15, 0.2) is 0 Å². The van der Waals surface area contributed by atoms with E-state index in [4.69, 9.17) is 15.6 Å². The van der Waals surface area contributed by atoms with Crippen molar-refractivity contribution in [2.45, 2.75) is 18.9 Å². The summed E-state index contributed by atoms with van der Waals surface area (Å²) in [7, 11) is 1.55. The maximum atomic E-state index is 12.1. The summed E-state index contributed by atoms with van der Waals surface area (Å²) in [5.41, 5.74) is 5.96. The van der Waals surface area contributed by atoms with Gasteiger partial charge in [-0.15, -0.1) is 0 Å². The number of likely N-dealkylation sites (tertiary alicyclic amines) is 1. The summed E-state index contributed by atoms with van der Waals surface area (Å²) in [5.74, 6) is -1.63. The third kappa shape index (κ3) is 2.96. The summed E-state index contributed by atoms with van der Waals surface area (Å²) in [5, 5.41) is 9.08. The van der Waals surface area contributed by atoms with Gasteiger partial charge in [0.1, 0.15) is 11.8 Å². The quantitative estimate of drug-likeness (QED) is 0.845. The number of rotatable bonds is 4. The molecular formula is C14H16N2O5. The van der Waals surface area contributed by atoms with Gasteiger partial charge in [-0.2, -0.15) is 0 Å². The Labute approximate surface area is 121 Å². The Morgan fingerprint density at radius 1 is 1.38 bits per heavy atom. The van der Waals surface area contributed by atoms with Crippen molar-refractivity contribution in [1.29, 1.82) is 0 Å². The summed E-state index contributed by atoms with van der Waals surface area (Å²) in [6.45, 7) is 0. The van der Waals surface area contributed by atoms with E-state index in [0.29, 0.717) is 17.1 Å². The molecule has 1 fully saturated rings. The van der Waals surface area contributed by atoms with Crippen LogP contribution >= 0.6 is 0 Å². The second-order valence-electron chi connectivity index (χ2n) is 4.89. The minimum absolute atomic E-state index is 0.0726. The number of ether oxygens (including phenoxy) is 1. The number of methoxy groups -OCH3 is 1. The van der Waals surface area contributed by atoms with Gasteiger partial charge in [-0.1, -0.05) is 12.1 Å². The lowest BCUT2D eigenvalue weighted by Crippen LogP contribution is -2.46. The normalized spacial score (nSPS) is 21.4. The average molecular weight is 292 g/mol. The smallest absolute Gasteiger partial charge is 0.327 e. The third-order valence-corrected chi connectivity index (χ3v) is 3.57. The van der Waals surface area contributed by atoms with Crippen molar-refractivity contribution in [3.8, 4) is 5.75 Å². The van der Waals surface area contributed by atoms with E-state index < -0.39 is 29.9 Å². The number of hydrogen-bond donors (Lipinski definition) is 2. The van der Waals surface area contributed by atoms with Crippen molar-refractivity contribution in [3.05, 3.63) is 29.8 Å². The monoisotopic (exact) mass is 292 g/mol. The molecule has 0 aliphatic carbocycles. The summed E-state index contributed by atoms with van der Waals surface area (Å²) in [6.07, 6.45) is 0.430. The summed E-state index contributed by atoms with van der Waals surface area (Å²) >= 11 is 0. The highest BCUT2D eigenvalue weighted by Crippen LogP contribution is 2.28. The molecule has 0 bridgehead atoms. The first kappa shape index (κ1) is 14.8. The molecule has 1 aromatic carbocycles. The van der Waals surface area contributed by atoms with Crippen LogP contribution in [0.25, 0.3) is 0 Å². The topological polar surface area (TPSA) is 110 Å². The fraction of sp³-hybridized carbons (Fsp3) is 0.357. The highest BCUT2D eigenvalue weighted by atomic mass is 16.5. The number of carbonyl (C=O) groups excluding carboxylic acids is 2. The van der Waals surface area contributed by atoms with Gasteiger partial charge < -0.3 is 15.6 Å². The number of carbonyl (C=O) groups is 3. The van der Waals surface area contributed by atoms with Crippen LogP contribution in [0.5, 0.6) is 5.75 Å². The lowest BCUT2D eigenvalue weighted by atomic mass is 9.96. The van der Waals surface area contributed by atoms with Crippen LogP contribution in [0.15, 0.2) is 24.3 Å². The van der Waals surface area contributed by atoms with Gasteiger partial charge in [-0.05, 0) is 30.5 Å². The number of carboxylic acid groups (broad SMARTS) is 1. The number of aliphatic carboxylic acids is 1. The summed E-state index contributed by atoms with van der Waals surface area (Å²) < 4.78 is 5.04. The van der Waals surface area contributed by atoms with Gasteiger partial charge in [-0.3, -0.25) is 4.79 Å². The van der Waals surface area contributed by atoms with Gasteiger partial charge in [-0.25, -0.2) is 14.5 Å². The zero-order valence-electron chi connectivity index (χ0n) is 11.5. The molecule has 0 unspecified atom stereocenters. The van der Waals surface area contributed by atoms with E-state index in [2.05, 4.69) is 0 Å². The Morgan fingerprint density at radius 2 is 2.00 bits per heavy atom. The molecule has 3 N–H and O–H groups in total. The molecule has 2 atom stereocenters. The lowest BCUT2D eigenvalue weighted by Gasteiger charge is -2.16. The third-order valence-electron chi connectivity index (χ3n) is 3.57. The minimum atomic E-state index is -1.22. The molecule has 0 radical (unpaired) electrons. The van der Waals surface area contributed by atoms with Crippen LogP contribution in [0.4, 0.5) is 4.79 Å². The predicted molar refractivity (Wildman–Crippen MR) is 72.7 cm³/mol. The van der Waals surface area contributed by atoms with Gasteiger partial charge >= 0.3 is 12.0 Å². The van der Waals surface area contributed by atoms with Crippen LogP contribution in [0, 0.1) is 5.92 Å². The Hall–Kier alpha value is -2.57. The molecule has 7 heteroatoms. The highest BCUT2D eigenvalue weighted by molar-refractivity contribution is 6.01. The van der Waals surface area contributed by atoms with E-state index in [1.54, 1.807) is 31.4 Å². The zero-order chi connectivity index (χ0) is 15.6. The fourth-order valence-corrected chi connectivity index (χ4v) is 2.52. The first-order chi connectivity index (χ1) is 9.93. The standard InChI is InChI=1S/C14H16N2O5/c1-21-10-4-2-8(3-5-10)6-9-7-11(13(18)19)16(12(9)17)14(15)20/h2-5,9,11H,6-7H2,1H3,(H2,15,20)(H,18,19)/t9-,11+/m0/s1. The van der Waals surface area contributed by atoms with E-state index in [1.807, 2.05) is 0 Å². The molecule has 0 spiro atoms. The number of urea groups is 1. The van der Waals surface area contributed by atoms with Crippen LogP contribution < -0.4 is 10.5 Å². The largest absolute Gasteiger partial charge is 0.497 e. The number of amides is 3. The maximum Gasteiger partial charge on any atom is 0.327 e. The highest BCUT2D eigenvalue weighted by Gasteiger charge is 2.45. The van der Waals surface area contributed by atoms with Gasteiger partial charge in [0.2, 0.25) is 5.91 Å². The average Bonchev–Trinajstić information content (AvgIpc) is 2.77. The number of hydrogen-bond acceptors (Lipinski definition) is 4. The summed E-state index contributed by atoms with van der Waals surface area (Å²) in [4.78, 5) is 35.1. The number of benzene rings is 1. The van der Waals surface area contributed by atoms with E-state index >= 15 is 0 Å². The van der Waals surface area contributed by atoms with Crippen LogP contribution in [-0.4, -0.2) is 41.1 Å². The molecule has 1 heterocycles. The van der Waals surface area contributed by atoms with E-state index in [9.17, 15) is 14.4 Å². The van der Waals surface area contributed by atoms with Crippen molar-refractivity contribution >= 4 is 17.9 Å². The minimum Gasteiger partial charge on any atom is -0.497 e. The number of carboxylic acids is 1. The number of primary amides is 1. The zero-order valence-corrected chi connectivity index (χ0v) is 11.5. The number of imide groups is 1. The van der Waals surface area contributed by atoms with Crippen molar-refractivity contribution in [2.75, 3.05) is 7.11 Å². The molecule has 7 nitrogen and oxygen atoms in total. The first-order valence-electron chi connectivity index (χ1n) is 6.42. The fourth-order valence-electron chi connectivity index (χ4n) is 2.52. The Kier molecular flexibility index (Phi) is 4.11. The molecule has 112 valence electrons. The van der Waals surface area contributed by atoms with Crippen molar-refractivity contribution in [3.63, 3.8) is 0 Å². The second-order valence-corrected chi connectivity index (χ2v) is 4.89. The van der Waals surface area contributed by atoms with Gasteiger partial charge in [0, 0.05) is 5.92 Å². The molecule has 3 amide bonds. The molecule has 0 saturated carbocycles. The maximum absolute atomic E-state index is 12.1. The van der Waals surface area contributed by atoms with Crippen LogP contribution in [0.3, 0.4) is 0 Å². The first-order valence-corrected chi connectivity index (χ1v) is 6.42. The Bertz CT molecular complexity index is 569. The molecular weight excluding hydrogens is 276 g/mol. The van der Waals surface area contributed by atoms with Gasteiger partial charge in [0.25, 0.3) is 0 Å². The van der Waals surface area contributed by atoms with E-state index in [0.717, 1.165) is 5.56 Å². The molecule has 1 aliphatic heterocycles. The Morgan fingerprint density at radius 3 is 2.43 bits per heavy atom. The molecule has 0 aromatic heterocycles. The molecule has 2 rings (SSSR count). The number of nitrogens with two attached hydrogens (primary N) is 1. The predicted octanol–water partition coefficient (Wildman–Crippen LogP) is 0.618. The van der Waals surface area contributed by atoms with Crippen LogP contribution in [0.1, 0.15) is 12.0 Å². The molecule has 1 saturated heterocycles. The van der Waals surface area contributed by atoms with E-state index in [1.165, 1.54) is 0 Å². The molecule has 1 aromatic rings. The van der Waals surface area contributed by atoms with Crippen molar-refractivity contribution < 1.29 is 24.2 Å². The van der Waals surface area contributed by atoms with Gasteiger partial charge in [0.05, 0.1) is 7.11 Å². The van der Waals surface area contributed by atoms with Crippen LogP contribution in [0.2, 0.25) is 0 Å². The van der Waals surface area contributed by atoms with Crippen LogP contribution in [-0.2, 0) is 16.0 Å². The second kappa shape index (κ2) is 5.82. The molecule has 1 aliphatic rings. The molecule has 21 heavy (non-hydrogen) atoms. The van der Waals surface area contributed by atoms with Crippen molar-refractivity contribution in [1.82, 2.24) is 4.90 Å². The van der Waals surface area contributed by atoms with Crippen molar-refractivity contribution in [2.24, 2.45) is 11.7 Å². The summed E-state index contributed by atoms with van der Waals surface area (Å²) in [6, 6.07) is 4.91. The Balaban J connectivity index is 2.15. The number of nitrogens with zero attached hydrogens (tertiary/aromatic N) is 1. The lowest BCUT2D eigenvalue weighted by molar-refractivity contribution is -0.144. The van der Waals surface area contributed by atoms with E-state index in [-0.39, 0.29) is 6.42 Å². The SMILES string of the molecule is COc1ccc(C[C@H]2C[C@H](C(=O)O)N(C(N)=O)C2=O)cc1.